The summed E-state index contributed by atoms with van der Waals surface area (Å²) in [6.07, 6.45) is 0.614. The van der Waals surface area contributed by atoms with Gasteiger partial charge in [0, 0.05) is 45.9 Å². The second kappa shape index (κ2) is 10.7. The summed E-state index contributed by atoms with van der Waals surface area (Å²) < 4.78 is 12.0. The molecule has 2 N–H and O–H groups in total. The van der Waals surface area contributed by atoms with E-state index in [0.29, 0.717) is 46.3 Å². The molecule has 0 amide bonds. The SMILES string of the molecule is CCc1oc2ccccc2c1-c1c(C(=O)c2ccc(O)c([N+](=O)[O-])c2-c2c(CC)oc3ccccc23)ccc(O)c1[N+](=O)[O-]. The summed E-state index contributed by atoms with van der Waals surface area (Å²) in [6, 6.07) is 18.2. The minimum Gasteiger partial charge on any atom is -0.502 e. The Hall–Kier alpha value is -5.97. The maximum Gasteiger partial charge on any atom is 0.319 e. The number of phenols is 2. The van der Waals surface area contributed by atoms with E-state index in [1.54, 1.807) is 62.4 Å². The average Bonchev–Trinajstić information content (AvgIpc) is 3.58. The van der Waals surface area contributed by atoms with E-state index in [1.807, 2.05) is 0 Å². The van der Waals surface area contributed by atoms with Crippen LogP contribution in [0.5, 0.6) is 11.5 Å². The zero-order valence-corrected chi connectivity index (χ0v) is 23.5. The Morgan fingerprint density at radius 1 is 0.636 bits per heavy atom. The number of aryl methyl sites for hydroxylation is 2. The van der Waals surface area contributed by atoms with Gasteiger partial charge in [0.05, 0.1) is 21.0 Å². The number of nitro groups is 2. The quantitative estimate of drug-likeness (QED) is 0.101. The molecule has 4 aromatic carbocycles. The number of hydrogen-bond acceptors (Lipinski definition) is 9. The molecule has 0 saturated heterocycles. The molecule has 0 unspecified atom stereocenters. The van der Waals surface area contributed by atoms with Crippen LogP contribution in [0.15, 0.2) is 81.6 Å². The Labute approximate surface area is 248 Å². The van der Waals surface area contributed by atoms with Crippen molar-refractivity contribution in [2.45, 2.75) is 26.7 Å². The minimum atomic E-state index is -0.805. The summed E-state index contributed by atoms with van der Waals surface area (Å²) in [5.74, 6) is -1.44. The molecule has 0 aliphatic rings. The van der Waals surface area contributed by atoms with E-state index >= 15 is 0 Å². The van der Waals surface area contributed by atoms with Crippen LogP contribution in [0.2, 0.25) is 0 Å². The van der Waals surface area contributed by atoms with Gasteiger partial charge in [-0.05, 0) is 36.4 Å². The van der Waals surface area contributed by atoms with Gasteiger partial charge in [0.15, 0.2) is 17.3 Å². The van der Waals surface area contributed by atoms with Crippen molar-refractivity contribution >= 4 is 39.1 Å². The predicted octanol–water partition coefficient (Wildman–Crippen LogP) is 8.10. The highest BCUT2D eigenvalue weighted by Gasteiger charge is 2.36. The van der Waals surface area contributed by atoms with Gasteiger partial charge in [-0.25, -0.2) is 0 Å². The topological polar surface area (TPSA) is 170 Å². The van der Waals surface area contributed by atoms with E-state index in [1.165, 1.54) is 12.1 Å². The van der Waals surface area contributed by atoms with Crippen molar-refractivity contribution in [1.82, 2.24) is 0 Å². The highest BCUT2D eigenvalue weighted by Crippen LogP contribution is 2.49. The molecule has 11 heteroatoms. The first-order valence-electron chi connectivity index (χ1n) is 13.7. The van der Waals surface area contributed by atoms with E-state index < -0.39 is 38.5 Å². The molecule has 0 aliphatic carbocycles. The van der Waals surface area contributed by atoms with Crippen LogP contribution >= 0.6 is 0 Å². The molecule has 0 radical (unpaired) electrons. The largest absolute Gasteiger partial charge is 0.502 e. The van der Waals surface area contributed by atoms with Gasteiger partial charge in [-0.2, -0.15) is 0 Å². The number of nitrogens with zero attached hydrogens (tertiary/aromatic N) is 2. The van der Waals surface area contributed by atoms with Crippen molar-refractivity contribution in [3.8, 4) is 33.8 Å². The lowest BCUT2D eigenvalue weighted by atomic mass is 9.86. The summed E-state index contributed by atoms with van der Waals surface area (Å²) in [4.78, 5) is 38.0. The van der Waals surface area contributed by atoms with Gasteiger partial charge in [0.1, 0.15) is 22.7 Å². The molecule has 0 aliphatic heterocycles. The van der Waals surface area contributed by atoms with Gasteiger partial charge < -0.3 is 19.0 Å². The molecule has 0 fully saturated rings. The number of carbonyl (C=O) groups is 1. The first kappa shape index (κ1) is 28.2. The first-order valence-corrected chi connectivity index (χ1v) is 13.7. The number of hydrogen-bond donors (Lipinski definition) is 2. The molecule has 220 valence electrons. The second-order valence-corrected chi connectivity index (χ2v) is 10.1. The third-order valence-electron chi connectivity index (χ3n) is 7.65. The second-order valence-electron chi connectivity index (χ2n) is 10.1. The Morgan fingerprint density at radius 2 is 1.02 bits per heavy atom. The van der Waals surface area contributed by atoms with Crippen molar-refractivity contribution in [1.29, 1.82) is 0 Å². The van der Waals surface area contributed by atoms with Crippen LogP contribution in [0.25, 0.3) is 44.2 Å². The van der Waals surface area contributed by atoms with Crippen LogP contribution < -0.4 is 0 Å². The van der Waals surface area contributed by atoms with Gasteiger partial charge in [-0.15, -0.1) is 0 Å². The fourth-order valence-corrected chi connectivity index (χ4v) is 5.80. The summed E-state index contributed by atoms with van der Waals surface area (Å²) in [5, 5.41) is 47.2. The van der Waals surface area contributed by atoms with Crippen LogP contribution in [0.3, 0.4) is 0 Å². The van der Waals surface area contributed by atoms with Crippen LogP contribution in [0.1, 0.15) is 41.3 Å². The van der Waals surface area contributed by atoms with Crippen LogP contribution in [0, 0.1) is 20.2 Å². The van der Waals surface area contributed by atoms with Crippen molar-refractivity contribution in [2.75, 3.05) is 0 Å². The third-order valence-corrected chi connectivity index (χ3v) is 7.65. The Morgan fingerprint density at radius 3 is 1.39 bits per heavy atom. The number of rotatable bonds is 8. The number of benzene rings is 4. The fourth-order valence-electron chi connectivity index (χ4n) is 5.80. The Kier molecular flexibility index (Phi) is 6.85. The lowest BCUT2D eigenvalue weighted by Gasteiger charge is -2.15. The molecule has 6 rings (SSSR count). The lowest BCUT2D eigenvalue weighted by molar-refractivity contribution is -0.385. The minimum absolute atomic E-state index is 0.184. The molecule has 2 heterocycles. The standard InChI is InChI=1S/C33H24N2O9/c1-3-23-27(17-9-5-7-11-25(17)43-23)29-19(13-15-21(36)31(29)34(39)40)33(38)20-14-16-22(37)32(35(41)42)30(20)28-18-10-6-8-12-26(18)44-24(28)4-2/h5-16,36-37H,3-4H2,1-2H3. The zero-order chi connectivity index (χ0) is 31.3. The summed E-state index contributed by atoms with van der Waals surface area (Å²) in [7, 11) is 0. The summed E-state index contributed by atoms with van der Waals surface area (Å²) in [6.45, 7) is 3.57. The fraction of sp³-hybridized carbons (Fsp3) is 0.121. The van der Waals surface area contributed by atoms with Gasteiger partial charge in [-0.3, -0.25) is 25.0 Å². The van der Waals surface area contributed by atoms with E-state index in [-0.39, 0.29) is 33.4 Å². The predicted molar refractivity (Wildman–Crippen MR) is 162 cm³/mol. The van der Waals surface area contributed by atoms with Gasteiger partial charge in [-0.1, -0.05) is 50.2 Å². The maximum atomic E-state index is 14.7. The smallest absolute Gasteiger partial charge is 0.319 e. The Bertz CT molecular complexity index is 2010. The highest BCUT2D eigenvalue weighted by atomic mass is 16.6. The molecule has 0 bridgehead atoms. The molecule has 6 aromatic rings. The van der Waals surface area contributed by atoms with E-state index in [4.69, 9.17) is 8.83 Å². The van der Waals surface area contributed by atoms with Crippen molar-refractivity contribution in [3.05, 3.63) is 116 Å². The number of fused-ring (bicyclic) bond motifs is 2. The highest BCUT2D eigenvalue weighted by molar-refractivity contribution is 6.21. The normalized spacial score (nSPS) is 11.3. The third kappa shape index (κ3) is 4.25. The van der Waals surface area contributed by atoms with Gasteiger partial charge in [0.2, 0.25) is 0 Å². The van der Waals surface area contributed by atoms with Crippen molar-refractivity contribution < 1.29 is 33.7 Å². The first-order chi connectivity index (χ1) is 21.2. The lowest BCUT2D eigenvalue weighted by Crippen LogP contribution is -2.10. The average molecular weight is 593 g/mol. The number of ketones is 1. The molecule has 0 spiro atoms. The van der Waals surface area contributed by atoms with Gasteiger partial charge in [0.25, 0.3) is 0 Å². The van der Waals surface area contributed by atoms with E-state index in [9.17, 15) is 35.2 Å². The number of furan rings is 2. The molecule has 44 heavy (non-hydrogen) atoms. The van der Waals surface area contributed by atoms with E-state index in [2.05, 4.69) is 0 Å². The maximum absolute atomic E-state index is 14.7. The summed E-state index contributed by atoms with van der Waals surface area (Å²) in [5.41, 5.74) is -0.815. The van der Waals surface area contributed by atoms with Crippen molar-refractivity contribution in [3.63, 3.8) is 0 Å². The number of para-hydroxylation sites is 2. The van der Waals surface area contributed by atoms with Crippen LogP contribution in [-0.2, 0) is 12.8 Å². The number of aromatic hydroxyl groups is 2. The molecule has 2 aromatic heterocycles. The Balaban J connectivity index is 1.74. The zero-order valence-electron chi connectivity index (χ0n) is 23.5. The van der Waals surface area contributed by atoms with Gasteiger partial charge >= 0.3 is 11.4 Å². The van der Waals surface area contributed by atoms with Crippen LogP contribution in [-0.4, -0.2) is 25.8 Å². The number of phenolic OH excluding ortho intramolecular Hbond substituents is 2. The van der Waals surface area contributed by atoms with Crippen LogP contribution in [0.4, 0.5) is 11.4 Å². The van der Waals surface area contributed by atoms with Crippen molar-refractivity contribution in [2.24, 2.45) is 0 Å². The molecule has 0 saturated carbocycles. The number of carbonyl (C=O) groups excluding carboxylic acids is 1. The molecule has 0 atom stereocenters. The summed E-state index contributed by atoms with van der Waals surface area (Å²) >= 11 is 0. The molecule has 11 nitrogen and oxygen atoms in total. The molecular formula is C33H24N2O9. The molecular weight excluding hydrogens is 568 g/mol. The van der Waals surface area contributed by atoms with E-state index in [0.717, 1.165) is 12.1 Å². The number of nitro benzene ring substituents is 2. The monoisotopic (exact) mass is 592 g/mol.